The van der Waals surface area contributed by atoms with Gasteiger partial charge in [0.25, 0.3) is 10.2 Å². The van der Waals surface area contributed by atoms with Crippen molar-refractivity contribution in [3.63, 3.8) is 0 Å². The smallest absolute Gasteiger partial charge is 0.282 e. The molecule has 6 heteroatoms. The van der Waals surface area contributed by atoms with Crippen molar-refractivity contribution in [1.29, 1.82) is 0 Å². The van der Waals surface area contributed by atoms with Crippen LogP contribution in [0.4, 0.5) is 0 Å². The van der Waals surface area contributed by atoms with Crippen molar-refractivity contribution in [1.82, 2.24) is 13.9 Å². The molecule has 21 heavy (non-hydrogen) atoms. The summed E-state index contributed by atoms with van der Waals surface area (Å²) in [4.78, 5) is 0. The van der Waals surface area contributed by atoms with Crippen LogP contribution in [0.5, 0.6) is 0 Å². The Morgan fingerprint density at radius 2 is 1.95 bits per heavy atom. The monoisotopic (exact) mass is 319 g/mol. The first-order chi connectivity index (χ1) is 9.78. The van der Waals surface area contributed by atoms with E-state index in [1.54, 1.807) is 8.61 Å². The highest BCUT2D eigenvalue weighted by atomic mass is 32.2. The summed E-state index contributed by atoms with van der Waals surface area (Å²) in [5, 5.41) is 3.43. The molecule has 1 fully saturated rings. The second-order valence-corrected chi connectivity index (χ2v) is 8.52. The van der Waals surface area contributed by atoms with E-state index >= 15 is 0 Å². The molecule has 5 nitrogen and oxygen atoms in total. The average molecular weight is 320 g/mol. The molecule has 1 aliphatic heterocycles. The highest BCUT2D eigenvalue weighted by Crippen LogP contribution is 2.22. The number of hydrogen-bond donors (Lipinski definition) is 1. The van der Waals surface area contributed by atoms with Crippen molar-refractivity contribution < 1.29 is 8.42 Å². The van der Waals surface area contributed by atoms with Gasteiger partial charge in [-0.25, -0.2) is 0 Å². The molecule has 0 aliphatic carbocycles. The fourth-order valence-corrected chi connectivity index (χ4v) is 4.82. The molecule has 0 aromatic heterocycles. The predicted octanol–water partition coefficient (Wildman–Crippen LogP) is 2.06. The van der Waals surface area contributed by atoms with Gasteiger partial charge in [0.2, 0.25) is 0 Å². The van der Waals surface area contributed by atoms with Gasteiger partial charge < -0.3 is 5.32 Å². The highest BCUT2D eigenvalue weighted by molar-refractivity contribution is 7.86. The van der Waals surface area contributed by atoms with Crippen molar-refractivity contribution in [3.05, 3.63) is 0 Å². The summed E-state index contributed by atoms with van der Waals surface area (Å²) >= 11 is 0. The molecule has 0 saturated carbocycles. The zero-order valence-electron chi connectivity index (χ0n) is 14.3. The molecule has 1 rings (SSSR count). The van der Waals surface area contributed by atoms with Crippen LogP contribution in [-0.4, -0.2) is 55.3 Å². The van der Waals surface area contributed by atoms with Crippen LogP contribution in [0.1, 0.15) is 53.9 Å². The second-order valence-electron chi connectivity index (χ2n) is 6.64. The quantitative estimate of drug-likeness (QED) is 0.745. The van der Waals surface area contributed by atoms with E-state index in [2.05, 4.69) is 19.2 Å². The second kappa shape index (κ2) is 8.46. The number of piperidine rings is 1. The lowest BCUT2D eigenvalue weighted by atomic mass is 9.99. The Bertz CT molecular complexity index is 396. The lowest BCUT2D eigenvalue weighted by Gasteiger charge is -2.37. The summed E-state index contributed by atoms with van der Waals surface area (Å²) in [6, 6.07) is 0.466. The van der Waals surface area contributed by atoms with Crippen molar-refractivity contribution in [2.24, 2.45) is 5.92 Å². The summed E-state index contributed by atoms with van der Waals surface area (Å²) in [5.41, 5.74) is 0. The van der Waals surface area contributed by atoms with Crippen LogP contribution in [0.2, 0.25) is 0 Å². The van der Waals surface area contributed by atoms with E-state index in [1.165, 1.54) is 0 Å². The molecule has 0 aromatic rings. The molecule has 1 atom stereocenters. The third kappa shape index (κ3) is 5.51. The van der Waals surface area contributed by atoms with Gasteiger partial charge in [-0.05, 0) is 45.6 Å². The Morgan fingerprint density at radius 3 is 2.48 bits per heavy atom. The molecular formula is C15H33N3O2S. The Morgan fingerprint density at radius 1 is 1.29 bits per heavy atom. The minimum atomic E-state index is -3.32. The minimum Gasteiger partial charge on any atom is -0.314 e. The summed E-state index contributed by atoms with van der Waals surface area (Å²) < 4.78 is 29.0. The molecule has 1 heterocycles. The third-order valence-electron chi connectivity index (χ3n) is 3.94. The normalized spacial score (nSPS) is 21.6. The lowest BCUT2D eigenvalue weighted by Crippen LogP contribution is -2.51. The number of nitrogens with one attached hydrogen (secondary N) is 1. The molecule has 0 bridgehead atoms. The molecular weight excluding hydrogens is 286 g/mol. The van der Waals surface area contributed by atoms with E-state index in [1.807, 2.05) is 20.8 Å². The van der Waals surface area contributed by atoms with E-state index in [4.69, 9.17) is 0 Å². The summed E-state index contributed by atoms with van der Waals surface area (Å²) in [6.07, 6.45) is 2.92. The van der Waals surface area contributed by atoms with Crippen molar-refractivity contribution >= 4 is 10.2 Å². The van der Waals surface area contributed by atoms with Gasteiger partial charge >= 0.3 is 0 Å². The van der Waals surface area contributed by atoms with Crippen LogP contribution in [0.3, 0.4) is 0 Å². The maximum absolute atomic E-state index is 12.8. The molecule has 0 aromatic carbocycles. The zero-order valence-corrected chi connectivity index (χ0v) is 15.1. The molecule has 1 unspecified atom stereocenters. The molecule has 126 valence electrons. The van der Waals surface area contributed by atoms with Crippen LogP contribution < -0.4 is 5.32 Å². The van der Waals surface area contributed by atoms with Gasteiger partial charge in [-0.2, -0.15) is 17.0 Å². The van der Waals surface area contributed by atoms with E-state index in [0.717, 1.165) is 25.8 Å². The maximum Gasteiger partial charge on any atom is 0.282 e. The average Bonchev–Trinajstić information content (AvgIpc) is 2.42. The predicted molar refractivity (Wildman–Crippen MR) is 88.5 cm³/mol. The largest absolute Gasteiger partial charge is 0.314 e. The van der Waals surface area contributed by atoms with Gasteiger partial charge in [0.05, 0.1) is 0 Å². The van der Waals surface area contributed by atoms with E-state index in [9.17, 15) is 8.42 Å². The van der Waals surface area contributed by atoms with Crippen LogP contribution >= 0.6 is 0 Å². The van der Waals surface area contributed by atoms with Gasteiger partial charge in [0.1, 0.15) is 0 Å². The number of nitrogens with zero attached hydrogens (tertiary/aromatic N) is 2. The van der Waals surface area contributed by atoms with Crippen molar-refractivity contribution in [3.8, 4) is 0 Å². The first-order valence-electron chi connectivity index (χ1n) is 8.29. The van der Waals surface area contributed by atoms with Gasteiger partial charge in [-0.15, -0.1) is 0 Å². The standard InChI is InChI=1S/C15H33N3O2S/c1-6-9-18(14(4)5)21(19,20)17-10-7-8-15(12-17)11-16-13(2)3/h13-16H,6-12H2,1-5H3. The van der Waals surface area contributed by atoms with Crippen LogP contribution in [0, 0.1) is 5.92 Å². The van der Waals surface area contributed by atoms with Gasteiger partial charge in [-0.1, -0.05) is 20.8 Å². The van der Waals surface area contributed by atoms with Gasteiger partial charge in [0, 0.05) is 31.7 Å². The molecule has 1 N–H and O–H groups in total. The molecule has 0 amide bonds. The fraction of sp³-hybridized carbons (Fsp3) is 1.00. The third-order valence-corrected chi connectivity index (χ3v) is 6.12. The fourth-order valence-electron chi connectivity index (χ4n) is 2.81. The lowest BCUT2D eigenvalue weighted by molar-refractivity contribution is 0.231. The molecule has 0 spiro atoms. The minimum absolute atomic E-state index is 0.0177. The van der Waals surface area contributed by atoms with Gasteiger partial charge in [-0.3, -0.25) is 0 Å². The Balaban J connectivity index is 2.72. The first-order valence-corrected chi connectivity index (χ1v) is 9.69. The summed E-state index contributed by atoms with van der Waals surface area (Å²) in [5.74, 6) is 0.423. The Kier molecular flexibility index (Phi) is 7.60. The van der Waals surface area contributed by atoms with Crippen LogP contribution in [0.15, 0.2) is 0 Å². The van der Waals surface area contributed by atoms with Crippen molar-refractivity contribution in [2.75, 3.05) is 26.2 Å². The first kappa shape index (κ1) is 18.9. The van der Waals surface area contributed by atoms with E-state index in [-0.39, 0.29) is 6.04 Å². The molecule has 1 aliphatic rings. The number of hydrogen-bond acceptors (Lipinski definition) is 3. The summed E-state index contributed by atoms with van der Waals surface area (Å²) in [7, 11) is -3.32. The Hall–Kier alpha value is -0.170. The summed E-state index contributed by atoms with van der Waals surface area (Å²) in [6.45, 7) is 13.0. The Labute approximate surface area is 131 Å². The molecule has 1 saturated heterocycles. The van der Waals surface area contributed by atoms with Crippen LogP contribution in [-0.2, 0) is 10.2 Å². The van der Waals surface area contributed by atoms with Crippen molar-refractivity contribution in [2.45, 2.75) is 66.0 Å². The van der Waals surface area contributed by atoms with Gasteiger partial charge in [0.15, 0.2) is 0 Å². The topological polar surface area (TPSA) is 52.7 Å². The highest BCUT2D eigenvalue weighted by Gasteiger charge is 2.34. The maximum atomic E-state index is 12.8. The number of rotatable bonds is 8. The zero-order chi connectivity index (χ0) is 16.0. The van der Waals surface area contributed by atoms with E-state index < -0.39 is 10.2 Å². The van der Waals surface area contributed by atoms with E-state index in [0.29, 0.717) is 31.6 Å². The SMILES string of the molecule is CCCN(C(C)C)S(=O)(=O)N1CCCC(CNC(C)C)C1. The van der Waals surface area contributed by atoms with Crippen LogP contribution in [0.25, 0.3) is 0 Å². The molecule has 0 radical (unpaired) electrons.